The van der Waals surface area contributed by atoms with Gasteiger partial charge in [-0.2, -0.15) is 5.10 Å². The Morgan fingerprint density at radius 1 is 1.08 bits per heavy atom. The van der Waals surface area contributed by atoms with E-state index in [1.165, 1.54) is 4.52 Å². The molecule has 7 nitrogen and oxygen atoms in total. The summed E-state index contributed by atoms with van der Waals surface area (Å²) < 4.78 is 6.72. The second-order valence-electron chi connectivity index (χ2n) is 6.06. The number of piperazine rings is 1. The van der Waals surface area contributed by atoms with Crippen molar-refractivity contribution in [3.8, 4) is 5.75 Å². The molecule has 134 valence electrons. The fourth-order valence-corrected chi connectivity index (χ4v) is 3.23. The van der Waals surface area contributed by atoms with E-state index in [-0.39, 0.29) is 5.91 Å². The lowest BCUT2D eigenvalue weighted by atomic mass is 10.2. The van der Waals surface area contributed by atoms with Gasteiger partial charge in [-0.3, -0.25) is 4.79 Å². The molecule has 1 saturated heterocycles. The van der Waals surface area contributed by atoms with E-state index in [0.29, 0.717) is 29.6 Å². The maximum Gasteiger partial charge on any atom is 0.274 e. The molecule has 0 N–H and O–H groups in total. The van der Waals surface area contributed by atoms with Crippen LogP contribution in [0.4, 0.5) is 5.69 Å². The van der Waals surface area contributed by atoms with Gasteiger partial charge in [0.15, 0.2) is 5.65 Å². The van der Waals surface area contributed by atoms with E-state index in [0.717, 1.165) is 24.5 Å². The van der Waals surface area contributed by atoms with Crippen LogP contribution in [0.3, 0.4) is 0 Å². The zero-order valence-electron chi connectivity index (χ0n) is 14.3. The highest BCUT2D eigenvalue weighted by molar-refractivity contribution is 6.29. The van der Waals surface area contributed by atoms with Gasteiger partial charge < -0.3 is 14.5 Å². The monoisotopic (exact) mass is 371 g/mol. The molecule has 1 aromatic carbocycles. The van der Waals surface area contributed by atoms with E-state index in [9.17, 15) is 4.79 Å². The van der Waals surface area contributed by atoms with Gasteiger partial charge in [0.05, 0.1) is 13.3 Å². The van der Waals surface area contributed by atoms with Gasteiger partial charge in [0.1, 0.15) is 16.6 Å². The largest absolute Gasteiger partial charge is 0.497 e. The normalized spacial score (nSPS) is 14.7. The number of carbonyl (C=O) groups is 1. The van der Waals surface area contributed by atoms with Crippen LogP contribution in [0, 0.1) is 0 Å². The molecular weight excluding hydrogens is 354 g/mol. The van der Waals surface area contributed by atoms with Crippen molar-refractivity contribution in [1.82, 2.24) is 19.5 Å². The van der Waals surface area contributed by atoms with E-state index in [1.54, 1.807) is 25.4 Å². The Hall–Kier alpha value is -2.80. The van der Waals surface area contributed by atoms with Crippen LogP contribution in [-0.4, -0.2) is 58.7 Å². The quantitative estimate of drug-likeness (QED) is 0.707. The highest BCUT2D eigenvalue weighted by atomic mass is 35.5. The number of benzene rings is 1. The van der Waals surface area contributed by atoms with Gasteiger partial charge in [0.25, 0.3) is 5.91 Å². The number of anilines is 1. The van der Waals surface area contributed by atoms with Crippen LogP contribution in [-0.2, 0) is 0 Å². The van der Waals surface area contributed by atoms with Crippen LogP contribution in [0.1, 0.15) is 10.5 Å². The van der Waals surface area contributed by atoms with Crippen molar-refractivity contribution in [2.24, 2.45) is 0 Å². The lowest BCUT2D eigenvalue weighted by Gasteiger charge is -2.35. The summed E-state index contributed by atoms with van der Waals surface area (Å²) in [5.74, 6) is 0.754. The second kappa shape index (κ2) is 6.84. The number of fused-ring (bicyclic) bond motifs is 1. The zero-order valence-corrected chi connectivity index (χ0v) is 15.1. The zero-order chi connectivity index (χ0) is 18.1. The maximum absolute atomic E-state index is 12.7. The molecule has 2 aromatic heterocycles. The fraction of sp³-hybridized carbons (Fsp3) is 0.278. The SMILES string of the molecule is COc1ccc(N2CCN(C(=O)c3cn4nc(Cl)ccc4n3)CC2)cc1. The molecule has 0 bridgehead atoms. The molecule has 8 heteroatoms. The van der Waals surface area contributed by atoms with E-state index in [4.69, 9.17) is 16.3 Å². The minimum Gasteiger partial charge on any atom is -0.497 e. The molecule has 1 aliphatic rings. The summed E-state index contributed by atoms with van der Waals surface area (Å²) in [5, 5.41) is 4.48. The topological polar surface area (TPSA) is 63.0 Å². The van der Waals surface area contributed by atoms with Crippen molar-refractivity contribution >= 4 is 28.8 Å². The molecule has 0 saturated carbocycles. The van der Waals surface area contributed by atoms with E-state index < -0.39 is 0 Å². The third-order valence-corrected chi connectivity index (χ3v) is 4.71. The average Bonchev–Trinajstić information content (AvgIpc) is 3.11. The van der Waals surface area contributed by atoms with Gasteiger partial charge in [0.2, 0.25) is 0 Å². The molecule has 0 radical (unpaired) electrons. The first-order valence-electron chi connectivity index (χ1n) is 8.34. The third-order valence-electron chi connectivity index (χ3n) is 4.51. The number of methoxy groups -OCH3 is 1. The Morgan fingerprint density at radius 3 is 2.50 bits per heavy atom. The maximum atomic E-state index is 12.7. The van der Waals surface area contributed by atoms with E-state index in [1.807, 2.05) is 29.2 Å². The van der Waals surface area contributed by atoms with Crippen LogP contribution in [0.15, 0.2) is 42.6 Å². The Bertz CT molecular complexity index is 932. The van der Waals surface area contributed by atoms with Crippen LogP contribution in [0.5, 0.6) is 5.75 Å². The third kappa shape index (κ3) is 3.17. The molecular formula is C18H18ClN5O2. The molecule has 0 atom stereocenters. The molecule has 1 fully saturated rings. The minimum absolute atomic E-state index is 0.0824. The van der Waals surface area contributed by atoms with Gasteiger partial charge in [-0.05, 0) is 36.4 Å². The number of rotatable bonds is 3. The van der Waals surface area contributed by atoms with Crippen molar-refractivity contribution in [2.45, 2.75) is 0 Å². The summed E-state index contributed by atoms with van der Waals surface area (Å²) in [7, 11) is 1.65. The Labute approximate surface area is 155 Å². The first-order chi connectivity index (χ1) is 12.6. The highest BCUT2D eigenvalue weighted by Crippen LogP contribution is 2.21. The lowest BCUT2D eigenvalue weighted by Crippen LogP contribution is -2.48. The molecule has 0 aliphatic carbocycles. The number of hydrogen-bond donors (Lipinski definition) is 0. The first-order valence-corrected chi connectivity index (χ1v) is 8.72. The van der Waals surface area contributed by atoms with Crippen LogP contribution >= 0.6 is 11.6 Å². The summed E-state index contributed by atoms with van der Waals surface area (Å²) in [4.78, 5) is 21.2. The van der Waals surface area contributed by atoms with Gasteiger partial charge in [-0.15, -0.1) is 0 Å². The molecule has 3 heterocycles. The van der Waals surface area contributed by atoms with Crippen LogP contribution in [0.2, 0.25) is 5.15 Å². The number of carbonyl (C=O) groups excluding carboxylic acids is 1. The first kappa shape index (κ1) is 16.7. The number of aromatic nitrogens is 3. The Kier molecular flexibility index (Phi) is 4.38. The number of hydrogen-bond acceptors (Lipinski definition) is 5. The van der Waals surface area contributed by atoms with Gasteiger partial charge >= 0.3 is 0 Å². The van der Waals surface area contributed by atoms with Crippen molar-refractivity contribution in [3.05, 3.63) is 53.4 Å². The minimum atomic E-state index is -0.0824. The number of halogens is 1. The molecule has 3 aromatic rings. The number of imidazole rings is 1. The molecule has 1 amide bonds. The highest BCUT2D eigenvalue weighted by Gasteiger charge is 2.24. The summed E-state index contributed by atoms with van der Waals surface area (Å²) in [6.07, 6.45) is 1.62. The van der Waals surface area contributed by atoms with E-state index in [2.05, 4.69) is 15.0 Å². The Morgan fingerprint density at radius 2 is 1.81 bits per heavy atom. The van der Waals surface area contributed by atoms with Gasteiger partial charge in [-0.25, -0.2) is 9.50 Å². The molecule has 1 aliphatic heterocycles. The van der Waals surface area contributed by atoms with Gasteiger partial charge in [-0.1, -0.05) is 11.6 Å². The molecule has 0 spiro atoms. The van der Waals surface area contributed by atoms with Crippen LogP contribution < -0.4 is 9.64 Å². The van der Waals surface area contributed by atoms with Crippen LogP contribution in [0.25, 0.3) is 5.65 Å². The van der Waals surface area contributed by atoms with E-state index >= 15 is 0 Å². The molecule has 4 rings (SSSR count). The van der Waals surface area contributed by atoms with Crippen molar-refractivity contribution in [3.63, 3.8) is 0 Å². The average molecular weight is 372 g/mol. The number of amides is 1. The standard InChI is InChI=1S/C18H18ClN5O2/c1-26-14-4-2-13(3-5-14)22-8-10-23(11-9-22)18(25)15-12-24-17(20-15)7-6-16(19)21-24/h2-7,12H,8-11H2,1H3. The molecule has 26 heavy (non-hydrogen) atoms. The van der Waals surface area contributed by atoms with Crippen molar-refractivity contribution in [1.29, 1.82) is 0 Å². The molecule has 0 unspecified atom stereocenters. The number of nitrogens with zero attached hydrogens (tertiary/aromatic N) is 5. The summed E-state index contributed by atoms with van der Waals surface area (Å²) in [6, 6.07) is 11.4. The van der Waals surface area contributed by atoms with Crippen molar-refractivity contribution in [2.75, 3.05) is 38.2 Å². The fourth-order valence-electron chi connectivity index (χ4n) is 3.08. The summed E-state index contributed by atoms with van der Waals surface area (Å²) >= 11 is 5.88. The summed E-state index contributed by atoms with van der Waals surface area (Å²) in [6.45, 7) is 2.84. The second-order valence-corrected chi connectivity index (χ2v) is 6.45. The van der Waals surface area contributed by atoms with Gasteiger partial charge in [0, 0.05) is 31.9 Å². The lowest BCUT2D eigenvalue weighted by molar-refractivity contribution is 0.0741. The predicted octanol–water partition coefficient (Wildman–Crippen LogP) is 2.35. The smallest absolute Gasteiger partial charge is 0.274 e. The number of ether oxygens (including phenoxy) is 1. The predicted molar refractivity (Wildman–Crippen MR) is 99.1 cm³/mol. The Balaban J connectivity index is 1.43. The summed E-state index contributed by atoms with van der Waals surface area (Å²) in [5.41, 5.74) is 2.12. The van der Waals surface area contributed by atoms with Crippen molar-refractivity contribution < 1.29 is 9.53 Å².